The molecule has 180 valence electrons. The Labute approximate surface area is 201 Å². The van der Waals surface area contributed by atoms with E-state index in [2.05, 4.69) is 54.6 Å². The van der Waals surface area contributed by atoms with E-state index in [4.69, 9.17) is 18.9 Å². The molecule has 1 amide bonds. The van der Waals surface area contributed by atoms with E-state index in [1.807, 2.05) is 11.8 Å². The van der Waals surface area contributed by atoms with E-state index in [0.29, 0.717) is 46.2 Å². The molecule has 0 N–H and O–H groups in total. The van der Waals surface area contributed by atoms with Gasteiger partial charge < -0.3 is 18.9 Å². The Hall–Kier alpha value is -2.67. The van der Waals surface area contributed by atoms with Crippen LogP contribution in [0.5, 0.6) is 0 Å². The first-order valence-electron chi connectivity index (χ1n) is 12.3. The van der Waals surface area contributed by atoms with E-state index >= 15 is 0 Å². The van der Waals surface area contributed by atoms with Gasteiger partial charge >= 0.3 is 6.09 Å². The molecule has 0 aromatic heterocycles. The van der Waals surface area contributed by atoms with Crippen LogP contribution in [0.15, 0.2) is 60.2 Å². The maximum absolute atomic E-state index is 13.2. The average Bonchev–Trinajstić information content (AvgIpc) is 3.18. The molecular weight excluding hydrogens is 430 g/mol. The number of hydrogen-bond donors (Lipinski definition) is 0. The number of rotatable bonds is 9. The predicted octanol–water partition coefficient (Wildman–Crippen LogP) is 4.78. The highest BCUT2D eigenvalue weighted by Gasteiger charge is 2.39. The van der Waals surface area contributed by atoms with Crippen LogP contribution < -0.4 is 0 Å². The third kappa shape index (κ3) is 4.76. The minimum absolute atomic E-state index is 0.0119. The van der Waals surface area contributed by atoms with Crippen LogP contribution in [-0.2, 0) is 18.9 Å². The number of ether oxygens (including phenoxy) is 4. The number of carbonyl (C=O) groups is 1. The average molecular weight is 464 g/mol. The Morgan fingerprint density at radius 3 is 2.38 bits per heavy atom. The zero-order chi connectivity index (χ0) is 23.3. The first-order valence-corrected chi connectivity index (χ1v) is 12.3. The SMILES string of the molecule is CCOCCOCCC1=CC2COCC(C1)N2C(=O)OCC1c2ccccc2-c2ccccc21. The summed E-state index contributed by atoms with van der Waals surface area (Å²) in [5.74, 6) is 0.0668. The molecule has 2 aromatic rings. The molecule has 2 heterocycles. The first-order chi connectivity index (χ1) is 16.8. The van der Waals surface area contributed by atoms with Crippen LogP contribution in [0.1, 0.15) is 36.8 Å². The molecule has 2 unspecified atom stereocenters. The fourth-order valence-corrected chi connectivity index (χ4v) is 5.39. The molecule has 0 saturated carbocycles. The molecule has 1 fully saturated rings. The van der Waals surface area contributed by atoms with E-state index in [1.54, 1.807) is 0 Å². The monoisotopic (exact) mass is 463 g/mol. The van der Waals surface area contributed by atoms with Crippen molar-refractivity contribution in [2.24, 2.45) is 0 Å². The van der Waals surface area contributed by atoms with Gasteiger partial charge in [0.1, 0.15) is 6.61 Å². The second-order valence-electron chi connectivity index (χ2n) is 9.06. The van der Waals surface area contributed by atoms with Gasteiger partial charge in [-0.25, -0.2) is 4.79 Å². The topological polar surface area (TPSA) is 57.2 Å². The molecule has 2 bridgehead atoms. The minimum atomic E-state index is -0.247. The van der Waals surface area contributed by atoms with E-state index in [0.717, 1.165) is 12.8 Å². The summed E-state index contributed by atoms with van der Waals surface area (Å²) in [5, 5.41) is 0. The van der Waals surface area contributed by atoms with E-state index in [9.17, 15) is 4.79 Å². The van der Waals surface area contributed by atoms with Crippen molar-refractivity contribution in [2.45, 2.75) is 37.8 Å². The molecule has 5 rings (SSSR count). The number of benzene rings is 2. The molecule has 3 aliphatic rings. The predicted molar refractivity (Wildman–Crippen MR) is 130 cm³/mol. The molecule has 34 heavy (non-hydrogen) atoms. The van der Waals surface area contributed by atoms with Crippen LogP contribution in [0.3, 0.4) is 0 Å². The number of nitrogens with zero attached hydrogens (tertiary/aromatic N) is 1. The summed E-state index contributed by atoms with van der Waals surface area (Å²) in [7, 11) is 0. The van der Waals surface area contributed by atoms with Crippen LogP contribution in [0, 0.1) is 0 Å². The van der Waals surface area contributed by atoms with Gasteiger partial charge in [0.2, 0.25) is 0 Å². The maximum Gasteiger partial charge on any atom is 0.410 e. The number of amides is 1. The fraction of sp³-hybridized carbons (Fsp3) is 0.464. The molecule has 2 aromatic carbocycles. The Balaban J connectivity index is 1.21. The summed E-state index contributed by atoms with van der Waals surface area (Å²) >= 11 is 0. The van der Waals surface area contributed by atoms with Gasteiger partial charge in [0.15, 0.2) is 0 Å². The number of fused-ring (bicyclic) bond motifs is 5. The van der Waals surface area contributed by atoms with Crippen molar-refractivity contribution >= 4 is 6.09 Å². The van der Waals surface area contributed by atoms with Crippen LogP contribution >= 0.6 is 0 Å². The number of carbonyl (C=O) groups excluding carboxylic acids is 1. The zero-order valence-electron chi connectivity index (χ0n) is 19.8. The van der Waals surface area contributed by atoms with Gasteiger partial charge in [-0.15, -0.1) is 0 Å². The van der Waals surface area contributed by atoms with Crippen molar-refractivity contribution in [3.05, 3.63) is 71.3 Å². The fourth-order valence-electron chi connectivity index (χ4n) is 5.39. The highest BCUT2D eigenvalue weighted by Crippen LogP contribution is 2.44. The standard InChI is InChI=1S/C28H33NO5/c1-2-31-13-14-32-12-11-20-15-21-17-33-18-22(16-20)29(21)28(30)34-19-27-25-9-5-3-7-23(25)24-8-4-6-10-26(24)27/h3-10,15,21-22,27H,2,11-14,16-19H2,1H3. The zero-order valence-corrected chi connectivity index (χ0v) is 19.8. The highest BCUT2D eigenvalue weighted by molar-refractivity contribution is 5.79. The quantitative estimate of drug-likeness (QED) is 0.396. The van der Waals surface area contributed by atoms with Crippen molar-refractivity contribution < 1.29 is 23.7 Å². The summed E-state index contributed by atoms with van der Waals surface area (Å²) < 4.78 is 22.7. The Kier molecular flexibility index (Phi) is 7.28. The Bertz CT molecular complexity index is 989. The van der Waals surface area contributed by atoms with Crippen molar-refractivity contribution in [1.29, 1.82) is 0 Å². The lowest BCUT2D eigenvalue weighted by Gasteiger charge is -2.44. The molecule has 2 aliphatic heterocycles. The second-order valence-corrected chi connectivity index (χ2v) is 9.06. The van der Waals surface area contributed by atoms with Gasteiger partial charge in [0.25, 0.3) is 0 Å². The molecule has 6 nitrogen and oxygen atoms in total. The van der Waals surface area contributed by atoms with E-state index in [1.165, 1.54) is 27.8 Å². The molecule has 0 radical (unpaired) electrons. The van der Waals surface area contributed by atoms with Gasteiger partial charge in [0.05, 0.1) is 45.1 Å². The lowest BCUT2D eigenvalue weighted by Crippen LogP contribution is -2.56. The minimum Gasteiger partial charge on any atom is -0.448 e. The Morgan fingerprint density at radius 1 is 0.971 bits per heavy atom. The maximum atomic E-state index is 13.2. The van der Waals surface area contributed by atoms with Crippen molar-refractivity contribution in [3.8, 4) is 11.1 Å². The van der Waals surface area contributed by atoms with Crippen LogP contribution in [-0.4, -0.2) is 69.3 Å². The molecule has 0 spiro atoms. The lowest BCUT2D eigenvalue weighted by molar-refractivity contribution is -0.0370. The third-order valence-electron chi connectivity index (χ3n) is 6.97. The molecule has 1 saturated heterocycles. The first kappa shape index (κ1) is 23.1. The normalized spacial score (nSPS) is 21.1. The summed E-state index contributed by atoms with van der Waals surface area (Å²) in [4.78, 5) is 15.1. The summed E-state index contributed by atoms with van der Waals surface area (Å²) in [6.07, 6.45) is 3.60. The van der Waals surface area contributed by atoms with E-state index < -0.39 is 0 Å². The molecule has 2 atom stereocenters. The smallest absolute Gasteiger partial charge is 0.410 e. The van der Waals surface area contributed by atoms with Gasteiger partial charge in [0, 0.05) is 12.5 Å². The van der Waals surface area contributed by atoms with Crippen molar-refractivity contribution in [1.82, 2.24) is 4.90 Å². The molecule has 6 heteroatoms. The molecular formula is C28H33NO5. The van der Waals surface area contributed by atoms with Crippen molar-refractivity contribution in [2.75, 3.05) is 46.2 Å². The highest BCUT2D eigenvalue weighted by atomic mass is 16.6. The number of hydrogen-bond acceptors (Lipinski definition) is 5. The Morgan fingerprint density at radius 2 is 1.68 bits per heavy atom. The lowest BCUT2D eigenvalue weighted by atomic mass is 9.93. The second kappa shape index (κ2) is 10.7. The molecule has 1 aliphatic carbocycles. The van der Waals surface area contributed by atoms with Gasteiger partial charge in [-0.05, 0) is 42.0 Å². The summed E-state index contributed by atoms with van der Waals surface area (Å²) in [6.45, 7) is 6.00. The van der Waals surface area contributed by atoms with Crippen LogP contribution in [0.25, 0.3) is 11.1 Å². The largest absolute Gasteiger partial charge is 0.448 e. The van der Waals surface area contributed by atoms with Gasteiger partial charge in [-0.3, -0.25) is 4.90 Å². The summed E-state index contributed by atoms with van der Waals surface area (Å²) in [6, 6.07) is 16.7. The third-order valence-corrected chi connectivity index (χ3v) is 6.97. The van der Waals surface area contributed by atoms with Crippen LogP contribution in [0.2, 0.25) is 0 Å². The van der Waals surface area contributed by atoms with Gasteiger partial charge in [-0.1, -0.05) is 60.2 Å². The van der Waals surface area contributed by atoms with Crippen molar-refractivity contribution in [3.63, 3.8) is 0 Å². The number of morpholine rings is 1. The summed E-state index contributed by atoms with van der Waals surface area (Å²) in [5.41, 5.74) is 6.25. The van der Waals surface area contributed by atoms with E-state index in [-0.39, 0.29) is 24.1 Å². The van der Waals surface area contributed by atoms with Crippen LogP contribution in [0.4, 0.5) is 4.79 Å². The van der Waals surface area contributed by atoms with Gasteiger partial charge in [-0.2, -0.15) is 0 Å².